The van der Waals surface area contributed by atoms with Crippen LogP contribution in [0.2, 0.25) is 0 Å². The minimum Gasteiger partial charge on any atom is -0.456 e. The van der Waals surface area contributed by atoms with Crippen molar-refractivity contribution in [3.05, 3.63) is 169 Å². The zero-order chi connectivity index (χ0) is 36.7. The number of furan rings is 2. The van der Waals surface area contributed by atoms with Crippen LogP contribution in [0, 0.1) is 0 Å². The van der Waals surface area contributed by atoms with E-state index in [9.17, 15) is 0 Å². The van der Waals surface area contributed by atoms with Crippen molar-refractivity contribution >= 4 is 71.5 Å². The highest BCUT2D eigenvalue weighted by Crippen LogP contribution is 2.42. The van der Waals surface area contributed by atoms with Crippen LogP contribution in [0.1, 0.15) is 17.5 Å². The van der Waals surface area contributed by atoms with Crippen LogP contribution in [-0.2, 0) is 6.42 Å². The van der Waals surface area contributed by atoms with Gasteiger partial charge >= 0.3 is 0 Å². The number of allylic oxidation sites excluding steroid dienone is 1. The molecule has 0 bridgehead atoms. The van der Waals surface area contributed by atoms with E-state index in [1.165, 1.54) is 27.3 Å². The average Bonchev–Trinajstić information content (AvgIpc) is 3.84. The third-order valence-corrected chi connectivity index (χ3v) is 11.4. The molecule has 0 aliphatic heterocycles. The average molecular weight is 718 g/mol. The monoisotopic (exact) mass is 717 g/mol. The van der Waals surface area contributed by atoms with Crippen molar-refractivity contribution in [3.63, 3.8) is 0 Å². The normalized spacial score (nSPS) is 12.8. The third-order valence-electron chi connectivity index (χ3n) is 11.4. The fraction of sp³-hybridized carbons (Fsp3) is 0.0392. The lowest BCUT2D eigenvalue weighted by Gasteiger charge is -2.14. The van der Waals surface area contributed by atoms with Crippen molar-refractivity contribution in [2.24, 2.45) is 0 Å². The van der Waals surface area contributed by atoms with Crippen LogP contribution in [0.25, 0.3) is 117 Å². The Kier molecular flexibility index (Phi) is 6.69. The number of hydrogen-bond donors (Lipinski definition) is 0. The molecule has 5 heteroatoms. The van der Waals surface area contributed by atoms with Gasteiger partial charge in [-0.2, -0.15) is 0 Å². The van der Waals surface area contributed by atoms with Crippen LogP contribution < -0.4 is 0 Å². The predicted molar refractivity (Wildman–Crippen MR) is 228 cm³/mol. The van der Waals surface area contributed by atoms with Crippen molar-refractivity contribution in [3.8, 4) is 45.3 Å². The van der Waals surface area contributed by atoms with Crippen LogP contribution in [0.3, 0.4) is 0 Å². The topological polar surface area (TPSA) is 65.0 Å². The molecule has 262 valence electrons. The molecule has 3 heterocycles. The molecule has 0 N–H and O–H groups in total. The van der Waals surface area contributed by atoms with Gasteiger partial charge in [-0.3, -0.25) is 0 Å². The summed E-state index contributed by atoms with van der Waals surface area (Å²) < 4.78 is 13.0. The molecule has 56 heavy (non-hydrogen) atoms. The van der Waals surface area contributed by atoms with Gasteiger partial charge in [0.25, 0.3) is 0 Å². The summed E-state index contributed by atoms with van der Waals surface area (Å²) in [5.41, 5.74) is 10.8. The van der Waals surface area contributed by atoms with E-state index >= 15 is 0 Å². The molecule has 5 nitrogen and oxygen atoms in total. The second-order valence-corrected chi connectivity index (χ2v) is 14.7. The fourth-order valence-corrected chi connectivity index (χ4v) is 8.66. The molecule has 0 saturated carbocycles. The summed E-state index contributed by atoms with van der Waals surface area (Å²) in [5, 5.41) is 8.93. The van der Waals surface area contributed by atoms with Gasteiger partial charge < -0.3 is 8.83 Å². The molecular weight excluding hydrogens is 687 g/mol. The maximum absolute atomic E-state index is 6.61. The molecule has 3 aromatic heterocycles. The van der Waals surface area contributed by atoms with Gasteiger partial charge in [-0.25, -0.2) is 15.0 Å². The first-order valence-corrected chi connectivity index (χ1v) is 19.1. The Morgan fingerprint density at radius 2 is 1.14 bits per heavy atom. The lowest BCUT2D eigenvalue weighted by Crippen LogP contribution is -2.01. The van der Waals surface area contributed by atoms with E-state index in [-0.39, 0.29) is 0 Å². The maximum Gasteiger partial charge on any atom is 0.164 e. The molecule has 11 aromatic rings. The Morgan fingerprint density at radius 1 is 0.411 bits per heavy atom. The number of para-hydroxylation sites is 1. The van der Waals surface area contributed by atoms with Crippen LogP contribution in [0.4, 0.5) is 0 Å². The summed E-state index contributed by atoms with van der Waals surface area (Å²) in [6.07, 6.45) is 6.68. The number of nitrogens with zero attached hydrogens (tertiary/aromatic N) is 3. The largest absolute Gasteiger partial charge is 0.456 e. The number of hydrogen-bond acceptors (Lipinski definition) is 5. The summed E-state index contributed by atoms with van der Waals surface area (Å²) >= 11 is 0. The van der Waals surface area contributed by atoms with Gasteiger partial charge in [0.15, 0.2) is 17.5 Å². The lowest BCUT2D eigenvalue weighted by atomic mass is 9.91. The second-order valence-electron chi connectivity index (χ2n) is 14.7. The van der Waals surface area contributed by atoms with E-state index < -0.39 is 0 Å². The van der Waals surface area contributed by atoms with Crippen LogP contribution >= 0.6 is 0 Å². The number of rotatable bonds is 4. The van der Waals surface area contributed by atoms with E-state index in [4.69, 9.17) is 23.8 Å². The van der Waals surface area contributed by atoms with Crippen molar-refractivity contribution in [1.29, 1.82) is 0 Å². The van der Waals surface area contributed by atoms with Crippen molar-refractivity contribution in [2.45, 2.75) is 12.8 Å². The lowest BCUT2D eigenvalue weighted by molar-refractivity contribution is 0.669. The molecule has 1 aliphatic rings. The zero-order valence-electron chi connectivity index (χ0n) is 30.2. The van der Waals surface area contributed by atoms with Crippen LogP contribution in [0.5, 0.6) is 0 Å². The standard InChI is InChI=1S/C51H31N3O2/c1-2-12-32(13-3-1)49-52-50(35-20-23-38-34(26-35)19-18-30-10-4-6-14-37(30)38)54-51(53-49)42-28-36(29-46-48(42)40-16-8-9-17-43(40)56-46)33-22-24-44-41(27-33)47-39-15-7-5-11-31(39)21-25-45(47)55-44/h1-3,5-9,11-29H,4,10H2. The molecule has 0 atom stereocenters. The summed E-state index contributed by atoms with van der Waals surface area (Å²) in [6.45, 7) is 0. The Morgan fingerprint density at radius 3 is 2.07 bits per heavy atom. The van der Waals surface area contributed by atoms with Gasteiger partial charge in [0.05, 0.1) is 0 Å². The Labute approximate surface area is 321 Å². The molecule has 0 unspecified atom stereocenters. The highest BCUT2D eigenvalue weighted by molar-refractivity contribution is 6.19. The molecular formula is C51H31N3O2. The van der Waals surface area contributed by atoms with Gasteiger partial charge in [-0.05, 0) is 99.1 Å². The Balaban J connectivity index is 1.10. The third kappa shape index (κ3) is 4.84. The number of aromatic nitrogens is 3. The van der Waals surface area contributed by atoms with Gasteiger partial charge in [-0.1, -0.05) is 121 Å². The van der Waals surface area contributed by atoms with Crippen LogP contribution in [0.15, 0.2) is 167 Å². The molecule has 12 rings (SSSR count). The summed E-state index contributed by atoms with van der Waals surface area (Å²) in [7, 11) is 0. The van der Waals surface area contributed by atoms with E-state index in [1.54, 1.807) is 0 Å². The van der Waals surface area contributed by atoms with Crippen LogP contribution in [-0.4, -0.2) is 15.0 Å². The van der Waals surface area contributed by atoms with Gasteiger partial charge in [0, 0.05) is 38.2 Å². The molecule has 0 saturated heterocycles. The van der Waals surface area contributed by atoms with Gasteiger partial charge in [-0.15, -0.1) is 0 Å². The SMILES string of the molecule is C1=Cc2c(ccc3cc(-c4nc(-c5ccccc5)nc(-c5cc(-c6ccc7oc8ccc9ccccc9c8c7c6)cc6oc7ccccc7c56)n4)ccc23)CC1. The first-order chi connectivity index (χ1) is 27.7. The summed E-state index contributed by atoms with van der Waals surface area (Å²) in [4.78, 5) is 15.6. The first-order valence-electron chi connectivity index (χ1n) is 19.1. The van der Waals surface area contributed by atoms with Gasteiger partial charge in [0.1, 0.15) is 22.3 Å². The molecule has 0 fully saturated rings. The van der Waals surface area contributed by atoms with Gasteiger partial charge in [0.2, 0.25) is 0 Å². The maximum atomic E-state index is 6.61. The van der Waals surface area contributed by atoms with Crippen molar-refractivity contribution < 1.29 is 8.83 Å². The zero-order valence-corrected chi connectivity index (χ0v) is 30.2. The minimum atomic E-state index is 0.585. The number of benzene rings is 8. The molecule has 1 aliphatic carbocycles. The molecule has 8 aromatic carbocycles. The quantitative estimate of drug-likeness (QED) is 0.181. The van der Waals surface area contributed by atoms with Crippen molar-refractivity contribution in [1.82, 2.24) is 15.0 Å². The van der Waals surface area contributed by atoms with Crippen molar-refractivity contribution in [2.75, 3.05) is 0 Å². The Bertz CT molecular complexity index is 3430. The molecule has 0 amide bonds. The summed E-state index contributed by atoms with van der Waals surface area (Å²) in [5.74, 6) is 1.82. The Hall–Kier alpha value is -7.37. The molecule has 0 radical (unpaired) electrons. The smallest absolute Gasteiger partial charge is 0.164 e. The van der Waals surface area contributed by atoms with E-state index in [2.05, 4.69) is 133 Å². The summed E-state index contributed by atoms with van der Waals surface area (Å²) in [6, 6.07) is 52.8. The van der Waals surface area contributed by atoms with E-state index in [0.29, 0.717) is 17.5 Å². The molecule has 0 spiro atoms. The second kappa shape index (κ2) is 12.1. The van der Waals surface area contributed by atoms with E-state index in [0.717, 1.165) is 89.9 Å². The minimum absolute atomic E-state index is 0.585. The highest BCUT2D eigenvalue weighted by atomic mass is 16.3. The fourth-order valence-electron chi connectivity index (χ4n) is 8.66. The predicted octanol–water partition coefficient (Wildman–Crippen LogP) is 13.6. The van der Waals surface area contributed by atoms with E-state index in [1.807, 2.05) is 30.3 Å². The first kappa shape index (κ1) is 31.0. The number of fused-ring (bicyclic) bond motifs is 11. The number of aryl methyl sites for hydroxylation is 1. The highest BCUT2D eigenvalue weighted by Gasteiger charge is 2.21.